The molecule has 1 aromatic heterocycles. The molecule has 0 saturated carbocycles. The Labute approximate surface area is 216 Å². The summed E-state index contributed by atoms with van der Waals surface area (Å²) in [4.78, 5) is 17.6. The van der Waals surface area contributed by atoms with E-state index >= 15 is 0 Å². The van der Waals surface area contributed by atoms with Crippen molar-refractivity contribution in [2.24, 2.45) is 5.92 Å². The van der Waals surface area contributed by atoms with E-state index in [-0.39, 0.29) is 35.8 Å². The third-order valence-electron chi connectivity index (χ3n) is 6.29. The van der Waals surface area contributed by atoms with Crippen molar-refractivity contribution in [1.29, 1.82) is 5.26 Å². The van der Waals surface area contributed by atoms with E-state index in [0.29, 0.717) is 34.7 Å². The van der Waals surface area contributed by atoms with Gasteiger partial charge in [-0.3, -0.25) is 14.1 Å². The third-order valence-corrected chi connectivity index (χ3v) is 7.84. The molecule has 1 aliphatic heterocycles. The second kappa shape index (κ2) is 11.7. The summed E-state index contributed by atoms with van der Waals surface area (Å²) < 4.78 is 30.2. The van der Waals surface area contributed by atoms with Gasteiger partial charge in [0.2, 0.25) is 0 Å². The van der Waals surface area contributed by atoms with Gasteiger partial charge in [0.05, 0.1) is 34.2 Å². The van der Waals surface area contributed by atoms with Gasteiger partial charge in [0, 0.05) is 25.8 Å². The Morgan fingerprint density at radius 1 is 1.22 bits per heavy atom. The standard InChI is InChI=1S/C24H29N7O3S.ClH/c1-3-30(2)35(33,34)29-23-6-4-5-22(20(23)14-25)28-18-7-8-21-19(13-18)24(32)31(16-27-21)15-17-9-11-26-12-10-17;/h4-8,13,16-17,26,28-29H,3,9-12,15H2,1-2H3;1H. The molecular formula is C24H30ClN7O3S. The van der Waals surface area contributed by atoms with Crippen LogP contribution in [0.4, 0.5) is 17.1 Å². The Morgan fingerprint density at radius 3 is 2.64 bits per heavy atom. The fourth-order valence-corrected chi connectivity index (χ4v) is 5.06. The van der Waals surface area contributed by atoms with Crippen LogP contribution in [0.25, 0.3) is 10.9 Å². The van der Waals surface area contributed by atoms with Crippen molar-refractivity contribution in [3.63, 3.8) is 0 Å². The SMILES string of the molecule is CCN(C)S(=O)(=O)Nc1cccc(Nc2ccc3ncn(CC4CCNCC4)c(=O)c3c2)c1C#N.Cl. The summed E-state index contributed by atoms with van der Waals surface area (Å²) in [5, 5.41) is 16.7. The van der Waals surface area contributed by atoms with Gasteiger partial charge < -0.3 is 10.6 Å². The fourth-order valence-electron chi connectivity index (χ4n) is 4.11. The van der Waals surface area contributed by atoms with Gasteiger partial charge in [-0.25, -0.2) is 4.98 Å². The molecule has 2 aromatic carbocycles. The normalized spacial score (nSPS) is 14.3. The summed E-state index contributed by atoms with van der Waals surface area (Å²) in [6, 6.07) is 12.2. The Bertz CT molecular complexity index is 1430. The quantitative estimate of drug-likeness (QED) is 0.407. The minimum absolute atomic E-state index is 0. The smallest absolute Gasteiger partial charge is 0.301 e. The second-order valence-corrected chi connectivity index (χ2v) is 10.4. The van der Waals surface area contributed by atoms with Gasteiger partial charge in [0.25, 0.3) is 5.56 Å². The first-order valence-electron chi connectivity index (χ1n) is 11.6. The molecular weight excluding hydrogens is 502 g/mol. The summed E-state index contributed by atoms with van der Waals surface area (Å²) in [6.07, 6.45) is 3.66. The fraction of sp³-hybridized carbons (Fsp3) is 0.375. The van der Waals surface area contributed by atoms with Crippen molar-refractivity contribution in [2.75, 3.05) is 36.7 Å². The maximum atomic E-state index is 13.2. The number of anilines is 3. The van der Waals surface area contributed by atoms with Crippen LogP contribution in [0.2, 0.25) is 0 Å². The summed E-state index contributed by atoms with van der Waals surface area (Å²) in [5.74, 6) is 0.436. The molecule has 3 N–H and O–H groups in total. The molecule has 0 unspecified atom stereocenters. The van der Waals surface area contributed by atoms with Gasteiger partial charge in [0.1, 0.15) is 6.07 Å². The van der Waals surface area contributed by atoms with E-state index < -0.39 is 10.2 Å². The number of hydrogen-bond donors (Lipinski definition) is 3. The molecule has 10 nitrogen and oxygen atoms in total. The minimum Gasteiger partial charge on any atom is -0.354 e. The van der Waals surface area contributed by atoms with Crippen LogP contribution in [-0.2, 0) is 16.8 Å². The van der Waals surface area contributed by atoms with E-state index in [9.17, 15) is 18.5 Å². The molecule has 1 fully saturated rings. The average Bonchev–Trinajstić information content (AvgIpc) is 2.86. The number of rotatable bonds is 8. The highest BCUT2D eigenvalue weighted by atomic mass is 35.5. The number of fused-ring (bicyclic) bond motifs is 1. The van der Waals surface area contributed by atoms with Crippen LogP contribution >= 0.6 is 12.4 Å². The van der Waals surface area contributed by atoms with Gasteiger partial charge in [0.15, 0.2) is 0 Å². The molecule has 0 amide bonds. The van der Waals surface area contributed by atoms with Crippen molar-refractivity contribution in [2.45, 2.75) is 26.3 Å². The molecule has 0 aliphatic carbocycles. The molecule has 0 spiro atoms. The predicted octanol–water partition coefficient (Wildman–Crippen LogP) is 3.04. The topological polar surface area (TPSA) is 132 Å². The van der Waals surface area contributed by atoms with Crippen LogP contribution in [0.3, 0.4) is 0 Å². The van der Waals surface area contributed by atoms with E-state index in [1.807, 2.05) is 0 Å². The maximum Gasteiger partial charge on any atom is 0.301 e. The van der Waals surface area contributed by atoms with E-state index in [1.165, 1.54) is 13.1 Å². The van der Waals surface area contributed by atoms with Crippen LogP contribution in [0.15, 0.2) is 47.5 Å². The van der Waals surface area contributed by atoms with Gasteiger partial charge in [-0.1, -0.05) is 13.0 Å². The molecule has 3 aromatic rings. The monoisotopic (exact) mass is 531 g/mol. The van der Waals surface area contributed by atoms with Crippen molar-refractivity contribution in [1.82, 2.24) is 19.2 Å². The lowest BCUT2D eigenvalue weighted by molar-refractivity contribution is 0.329. The zero-order valence-electron chi connectivity index (χ0n) is 20.2. The number of aromatic nitrogens is 2. The van der Waals surface area contributed by atoms with Crippen molar-refractivity contribution < 1.29 is 8.42 Å². The average molecular weight is 532 g/mol. The molecule has 0 atom stereocenters. The Hall–Kier alpha value is -3.17. The minimum atomic E-state index is -3.79. The van der Waals surface area contributed by atoms with Gasteiger partial charge in [-0.15, -0.1) is 12.4 Å². The molecule has 1 aliphatic rings. The first kappa shape index (κ1) is 27.4. The third kappa shape index (κ3) is 5.96. The molecule has 12 heteroatoms. The summed E-state index contributed by atoms with van der Waals surface area (Å²) in [6.45, 7) is 4.56. The molecule has 192 valence electrons. The highest BCUT2D eigenvalue weighted by Crippen LogP contribution is 2.28. The maximum absolute atomic E-state index is 13.2. The zero-order valence-corrected chi connectivity index (χ0v) is 21.8. The number of piperidine rings is 1. The van der Waals surface area contributed by atoms with Crippen LogP contribution < -0.4 is 20.9 Å². The molecule has 4 rings (SSSR count). The second-order valence-electron chi connectivity index (χ2n) is 8.61. The highest BCUT2D eigenvalue weighted by Gasteiger charge is 2.19. The first-order chi connectivity index (χ1) is 16.8. The van der Waals surface area contributed by atoms with Gasteiger partial charge in [-0.05, 0) is 62.2 Å². The lowest BCUT2D eigenvalue weighted by Crippen LogP contribution is -2.32. The number of hydrogen-bond acceptors (Lipinski definition) is 7. The van der Waals surface area contributed by atoms with Crippen molar-refractivity contribution >= 4 is 50.6 Å². The van der Waals surface area contributed by atoms with Crippen LogP contribution in [-0.4, -0.2) is 49.0 Å². The first-order valence-corrected chi connectivity index (χ1v) is 13.0. The number of benzene rings is 2. The lowest BCUT2D eigenvalue weighted by Gasteiger charge is -2.23. The lowest BCUT2D eigenvalue weighted by atomic mass is 9.98. The van der Waals surface area contributed by atoms with Crippen molar-refractivity contribution in [3.8, 4) is 6.07 Å². The number of nitrogens with one attached hydrogen (secondary N) is 3. The predicted molar refractivity (Wildman–Crippen MR) is 144 cm³/mol. The molecule has 36 heavy (non-hydrogen) atoms. The number of nitrogens with zero attached hydrogens (tertiary/aromatic N) is 4. The van der Waals surface area contributed by atoms with E-state index in [4.69, 9.17) is 0 Å². The molecule has 0 radical (unpaired) electrons. The van der Waals surface area contributed by atoms with E-state index in [1.54, 1.807) is 48.1 Å². The summed E-state index contributed by atoms with van der Waals surface area (Å²) in [7, 11) is -2.33. The Morgan fingerprint density at radius 2 is 1.94 bits per heavy atom. The van der Waals surface area contributed by atoms with Crippen molar-refractivity contribution in [3.05, 3.63) is 58.6 Å². The molecule has 1 saturated heterocycles. The van der Waals surface area contributed by atoms with Crippen LogP contribution in [0, 0.1) is 17.2 Å². The largest absolute Gasteiger partial charge is 0.354 e. The zero-order chi connectivity index (χ0) is 25.0. The van der Waals surface area contributed by atoms with Crippen LogP contribution in [0.5, 0.6) is 0 Å². The summed E-state index contributed by atoms with van der Waals surface area (Å²) in [5.41, 5.74) is 1.82. The molecule has 0 bridgehead atoms. The molecule has 2 heterocycles. The number of halogens is 1. The number of nitriles is 1. The Balaban J connectivity index is 0.00000361. The Kier molecular flexibility index (Phi) is 8.92. The summed E-state index contributed by atoms with van der Waals surface area (Å²) >= 11 is 0. The van der Waals surface area contributed by atoms with Gasteiger partial charge in [-0.2, -0.15) is 18.0 Å². The van der Waals surface area contributed by atoms with Gasteiger partial charge >= 0.3 is 10.2 Å². The highest BCUT2D eigenvalue weighted by molar-refractivity contribution is 7.90. The van der Waals surface area contributed by atoms with Crippen LogP contribution in [0.1, 0.15) is 25.3 Å². The van der Waals surface area contributed by atoms with E-state index in [0.717, 1.165) is 30.2 Å². The van der Waals surface area contributed by atoms with E-state index in [2.05, 4.69) is 26.4 Å².